The Bertz CT molecular complexity index is 538. The van der Waals surface area contributed by atoms with Crippen molar-refractivity contribution in [3.63, 3.8) is 0 Å². The molecule has 17 heavy (non-hydrogen) atoms. The number of phenols is 1. The van der Waals surface area contributed by atoms with Gasteiger partial charge in [-0.15, -0.1) is 0 Å². The van der Waals surface area contributed by atoms with Crippen LogP contribution in [0, 0.1) is 0 Å². The van der Waals surface area contributed by atoms with E-state index >= 15 is 0 Å². The predicted molar refractivity (Wildman–Crippen MR) is 62.3 cm³/mol. The van der Waals surface area contributed by atoms with Crippen molar-refractivity contribution in [2.24, 2.45) is 0 Å². The minimum absolute atomic E-state index is 0.0115. The van der Waals surface area contributed by atoms with E-state index in [2.05, 4.69) is 15.0 Å². The molecule has 0 unspecified atom stereocenters. The molecule has 5 N–H and O–H groups in total. The fourth-order valence-electron chi connectivity index (χ4n) is 1.37. The minimum atomic E-state index is -0.0115. The highest BCUT2D eigenvalue weighted by Crippen LogP contribution is 2.30. The monoisotopic (exact) mass is 233 g/mol. The second kappa shape index (κ2) is 4.12. The number of phenolic OH excluding ortho intramolecular Hbond substituents is 1. The number of methoxy groups -OCH3 is 1. The van der Waals surface area contributed by atoms with E-state index in [1.165, 1.54) is 13.2 Å². The number of aromatic hydroxyl groups is 1. The van der Waals surface area contributed by atoms with Crippen LogP contribution in [0.4, 0.5) is 11.9 Å². The Morgan fingerprint density at radius 1 is 1.12 bits per heavy atom. The molecule has 2 rings (SSSR count). The summed E-state index contributed by atoms with van der Waals surface area (Å²) >= 11 is 0. The van der Waals surface area contributed by atoms with Gasteiger partial charge in [-0.2, -0.15) is 15.0 Å². The smallest absolute Gasteiger partial charge is 0.225 e. The molecule has 0 aliphatic carbocycles. The quantitative estimate of drug-likeness (QED) is 0.687. The summed E-state index contributed by atoms with van der Waals surface area (Å²) in [5, 5.41) is 9.63. The first-order chi connectivity index (χ1) is 8.10. The second-order valence-corrected chi connectivity index (χ2v) is 3.26. The third-order valence-electron chi connectivity index (χ3n) is 2.11. The number of benzene rings is 1. The number of hydrogen-bond donors (Lipinski definition) is 3. The normalized spacial score (nSPS) is 10.2. The van der Waals surface area contributed by atoms with Crippen molar-refractivity contribution in [3.05, 3.63) is 18.2 Å². The van der Waals surface area contributed by atoms with Crippen LogP contribution in [0.25, 0.3) is 11.4 Å². The van der Waals surface area contributed by atoms with Crippen molar-refractivity contribution in [1.82, 2.24) is 15.0 Å². The first kappa shape index (κ1) is 10.9. The molecular weight excluding hydrogens is 222 g/mol. The molecule has 0 spiro atoms. The molecule has 1 aromatic heterocycles. The molecule has 2 aromatic rings. The molecule has 0 saturated carbocycles. The Labute approximate surface area is 97.1 Å². The van der Waals surface area contributed by atoms with Gasteiger partial charge in [-0.3, -0.25) is 0 Å². The summed E-state index contributed by atoms with van der Waals surface area (Å²) in [6.45, 7) is 0. The van der Waals surface area contributed by atoms with E-state index in [1.807, 2.05) is 0 Å². The van der Waals surface area contributed by atoms with Gasteiger partial charge in [0.1, 0.15) is 0 Å². The van der Waals surface area contributed by atoms with Gasteiger partial charge in [0.25, 0.3) is 0 Å². The lowest BCUT2D eigenvalue weighted by Crippen LogP contribution is -2.04. The van der Waals surface area contributed by atoms with E-state index in [-0.39, 0.29) is 17.6 Å². The SMILES string of the molecule is COc1ccc(-c2nc(N)nc(N)n2)cc1O. The van der Waals surface area contributed by atoms with Gasteiger partial charge in [0.15, 0.2) is 17.3 Å². The van der Waals surface area contributed by atoms with Crippen molar-refractivity contribution >= 4 is 11.9 Å². The molecular formula is C10H11N5O2. The van der Waals surface area contributed by atoms with Gasteiger partial charge in [0.05, 0.1) is 7.11 Å². The number of ether oxygens (including phenoxy) is 1. The Morgan fingerprint density at radius 3 is 2.29 bits per heavy atom. The average Bonchev–Trinajstić information content (AvgIpc) is 2.27. The zero-order valence-electron chi connectivity index (χ0n) is 9.08. The molecule has 0 radical (unpaired) electrons. The van der Waals surface area contributed by atoms with Crippen LogP contribution in [0.3, 0.4) is 0 Å². The van der Waals surface area contributed by atoms with Crippen molar-refractivity contribution in [2.45, 2.75) is 0 Å². The molecule has 1 aromatic carbocycles. The van der Waals surface area contributed by atoms with Crippen LogP contribution in [0.2, 0.25) is 0 Å². The van der Waals surface area contributed by atoms with Gasteiger partial charge < -0.3 is 21.3 Å². The number of anilines is 2. The van der Waals surface area contributed by atoms with Crippen LogP contribution < -0.4 is 16.2 Å². The lowest BCUT2D eigenvalue weighted by Gasteiger charge is -2.06. The van der Waals surface area contributed by atoms with Crippen LogP contribution in [0.15, 0.2) is 18.2 Å². The summed E-state index contributed by atoms with van der Waals surface area (Å²) in [5.74, 6) is 0.713. The Hall–Kier alpha value is -2.57. The minimum Gasteiger partial charge on any atom is -0.504 e. The fourth-order valence-corrected chi connectivity index (χ4v) is 1.37. The van der Waals surface area contributed by atoms with Crippen LogP contribution in [0.5, 0.6) is 11.5 Å². The maximum Gasteiger partial charge on any atom is 0.225 e. The number of hydrogen-bond acceptors (Lipinski definition) is 7. The van der Waals surface area contributed by atoms with Crippen LogP contribution in [-0.4, -0.2) is 27.2 Å². The first-order valence-corrected chi connectivity index (χ1v) is 4.74. The van der Waals surface area contributed by atoms with Gasteiger partial charge in [0, 0.05) is 5.56 Å². The highest BCUT2D eigenvalue weighted by molar-refractivity contribution is 5.62. The van der Waals surface area contributed by atoms with Crippen molar-refractivity contribution in [2.75, 3.05) is 18.6 Å². The molecule has 0 amide bonds. The highest BCUT2D eigenvalue weighted by Gasteiger charge is 2.08. The molecule has 0 fully saturated rings. The summed E-state index contributed by atoms with van der Waals surface area (Å²) in [5.41, 5.74) is 11.5. The van der Waals surface area contributed by atoms with Crippen molar-refractivity contribution < 1.29 is 9.84 Å². The van der Waals surface area contributed by atoms with Crippen LogP contribution >= 0.6 is 0 Å². The molecule has 7 nitrogen and oxygen atoms in total. The molecule has 0 bridgehead atoms. The van der Waals surface area contributed by atoms with Gasteiger partial charge in [-0.25, -0.2) is 0 Å². The Morgan fingerprint density at radius 2 is 1.76 bits per heavy atom. The third kappa shape index (κ3) is 2.17. The number of nitrogens with two attached hydrogens (primary N) is 2. The molecule has 1 heterocycles. The van der Waals surface area contributed by atoms with E-state index in [4.69, 9.17) is 16.2 Å². The second-order valence-electron chi connectivity index (χ2n) is 3.26. The van der Waals surface area contributed by atoms with Gasteiger partial charge in [-0.05, 0) is 18.2 Å². The third-order valence-corrected chi connectivity index (χ3v) is 2.11. The van der Waals surface area contributed by atoms with E-state index in [0.29, 0.717) is 17.1 Å². The number of aromatic nitrogens is 3. The number of nitrogens with zero attached hydrogens (tertiary/aromatic N) is 3. The molecule has 0 aliphatic rings. The van der Waals surface area contributed by atoms with E-state index in [1.54, 1.807) is 12.1 Å². The average molecular weight is 233 g/mol. The zero-order valence-corrected chi connectivity index (χ0v) is 9.08. The Kier molecular flexibility index (Phi) is 2.65. The van der Waals surface area contributed by atoms with E-state index in [0.717, 1.165) is 0 Å². The number of rotatable bonds is 2. The molecule has 88 valence electrons. The lowest BCUT2D eigenvalue weighted by molar-refractivity contribution is 0.373. The van der Waals surface area contributed by atoms with Gasteiger partial charge in [0.2, 0.25) is 11.9 Å². The standard InChI is InChI=1S/C10H11N5O2/c1-17-7-3-2-5(4-6(7)16)8-13-9(11)15-10(12)14-8/h2-4,16H,1H3,(H4,11,12,13,14,15). The maximum absolute atomic E-state index is 9.63. The largest absolute Gasteiger partial charge is 0.504 e. The maximum atomic E-state index is 9.63. The highest BCUT2D eigenvalue weighted by atomic mass is 16.5. The lowest BCUT2D eigenvalue weighted by atomic mass is 10.2. The summed E-state index contributed by atoms with van der Waals surface area (Å²) in [6, 6.07) is 4.75. The van der Waals surface area contributed by atoms with Gasteiger partial charge in [-0.1, -0.05) is 0 Å². The van der Waals surface area contributed by atoms with Crippen molar-refractivity contribution in [1.29, 1.82) is 0 Å². The molecule has 0 saturated heterocycles. The van der Waals surface area contributed by atoms with E-state index < -0.39 is 0 Å². The molecule has 0 aliphatic heterocycles. The van der Waals surface area contributed by atoms with Gasteiger partial charge >= 0.3 is 0 Å². The summed E-state index contributed by atoms with van der Waals surface area (Å²) < 4.78 is 4.93. The van der Waals surface area contributed by atoms with E-state index in [9.17, 15) is 5.11 Å². The number of nitrogen functional groups attached to an aromatic ring is 2. The van der Waals surface area contributed by atoms with Crippen molar-refractivity contribution in [3.8, 4) is 22.9 Å². The first-order valence-electron chi connectivity index (χ1n) is 4.74. The topological polar surface area (TPSA) is 120 Å². The molecule has 7 heteroatoms. The fraction of sp³-hybridized carbons (Fsp3) is 0.100. The summed E-state index contributed by atoms with van der Waals surface area (Å²) in [6.07, 6.45) is 0. The Balaban J connectivity index is 2.49. The predicted octanol–water partition coefficient (Wildman–Crippen LogP) is 0.417. The molecule has 0 atom stereocenters. The van der Waals surface area contributed by atoms with Crippen LogP contribution in [0.1, 0.15) is 0 Å². The van der Waals surface area contributed by atoms with Crippen LogP contribution in [-0.2, 0) is 0 Å². The summed E-state index contributed by atoms with van der Waals surface area (Å²) in [7, 11) is 1.47. The summed E-state index contributed by atoms with van der Waals surface area (Å²) in [4.78, 5) is 11.5. The zero-order chi connectivity index (χ0) is 12.4.